The van der Waals surface area contributed by atoms with Gasteiger partial charge in [0.05, 0.1) is 19.3 Å². The maximum absolute atomic E-state index is 12.0. The van der Waals surface area contributed by atoms with E-state index in [0.29, 0.717) is 25.4 Å². The summed E-state index contributed by atoms with van der Waals surface area (Å²) in [6.45, 7) is 3.70. The van der Waals surface area contributed by atoms with E-state index in [9.17, 15) is 4.79 Å². The van der Waals surface area contributed by atoms with Crippen LogP contribution in [0.15, 0.2) is 30.5 Å². The Balaban J connectivity index is 1.95. The summed E-state index contributed by atoms with van der Waals surface area (Å²) in [4.78, 5) is 12.0. The van der Waals surface area contributed by atoms with Crippen LogP contribution in [0.3, 0.4) is 0 Å². The van der Waals surface area contributed by atoms with Crippen LogP contribution in [0.25, 0.3) is 0 Å². The van der Waals surface area contributed by atoms with Crippen molar-refractivity contribution in [2.45, 2.75) is 19.9 Å². The molecule has 1 aromatic heterocycles. The fourth-order valence-corrected chi connectivity index (χ4v) is 1.69. The highest BCUT2D eigenvalue weighted by Gasteiger charge is 2.10. The molecule has 2 rings (SSSR count). The number of ether oxygens (including phenoxy) is 1. The van der Waals surface area contributed by atoms with Crippen LogP contribution in [-0.2, 0) is 6.54 Å². The molecule has 1 heterocycles. The molecule has 0 atom stereocenters. The summed E-state index contributed by atoms with van der Waals surface area (Å²) in [6, 6.07) is 7.20. The van der Waals surface area contributed by atoms with Gasteiger partial charge in [-0.25, -0.2) is 0 Å². The van der Waals surface area contributed by atoms with E-state index in [-0.39, 0.29) is 11.6 Å². The lowest BCUT2D eigenvalue weighted by Gasteiger charge is -2.06. The van der Waals surface area contributed by atoms with Crippen LogP contribution in [0.1, 0.15) is 23.8 Å². The van der Waals surface area contributed by atoms with Gasteiger partial charge in [0.2, 0.25) is 0 Å². The average Bonchev–Trinajstić information content (AvgIpc) is 2.96. The molecule has 7 nitrogen and oxygen atoms in total. The van der Waals surface area contributed by atoms with Gasteiger partial charge in [0, 0.05) is 12.2 Å². The molecule has 0 aliphatic carbocycles. The van der Waals surface area contributed by atoms with Gasteiger partial charge < -0.3 is 15.8 Å². The topological polar surface area (TPSA) is 95.1 Å². The van der Waals surface area contributed by atoms with Crippen LogP contribution in [0.5, 0.6) is 5.75 Å². The molecule has 0 saturated heterocycles. The monoisotopic (exact) mass is 289 g/mol. The standard InChI is InChI=1S/C14H19N5O2/c1-2-9-21-12-5-3-11(4-6-12)16-14(20)13-10-19(8-7-15)18-17-13/h3-6,10H,2,7-9,15H2,1H3,(H,16,20). The third-order valence-electron chi connectivity index (χ3n) is 2.71. The average molecular weight is 289 g/mol. The summed E-state index contributed by atoms with van der Waals surface area (Å²) in [7, 11) is 0. The highest BCUT2D eigenvalue weighted by atomic mass is 16.5. The molecule has 0 unspecified atom stereocenters. The van der Waals surface area contributed by atoms with Crippen LogP contribution >= 0.6 is 0 Å². The lowest BCUT2D eigenvalue weighted by atomic mass is 10.3. The minimum absolute atomic E-state index is 0.259. The van der Waals surface area contributed by atoms with Gasteiger partial charge in [0.15, 0.2) is 5.69 Å². The molecule has 0 fully saturated rings. The predicted molar refractivity (Wildman–Crippen MR) is 79.3 cm³/mol. The van der Waals surface area contributed by atoms with Crippen molar-refractivity contribution in [3.05, 3.63) is 36.2 Å². The van der Waals surface area contributed by atoms with Gasteiger partial charge in [0.1, 0.15) is 5.75 Å². The van der Waals surface area contributed by atoms with Crippen LogP contribution < -0.4 is 15.8 Å². The van der Waals surface area contributed by atoms with E-state index in [2.05, 4.69) is 15.6 Å². The molecule has 0 aliphatic rings. The number of aromatic nitrogens is 3. The normalized spacial score (nSPS) is 10.4. The molecule has 0 radical (unpaired) electrons. The first-order valence-corrected chi connectivity index (χ1v) is 6.87. The third kappa shape index (κ3) is 4.28. The van der Waals surface area contributed by atoms with E-state index in [0.717, 1.165) is 12.2 Å². The summed E-state index contributed by atoms with van der Waals surface area (Å²) in [5.74, 6) is 0.476. The van der Waals surface area contributed by atoms with Gasteiger partial charge in [-0.3, -0.25) is 9.48 Å². The third-order valence-corrected chi connectivity index (χ3v) is 2.71. The van der Waals surface area contributed by atoms with Crippen LogP contribution in [0, 0.1) is 0 Å². The fourth-order valence-electron chi connectivity index (χ4n) is 1.69. The maximum atomic E-state index is 12.0. The number of anilines is 1. The molecule has 1 amide bonds. The maximum Gasteiger partial charge on any atom is 0.277 e. The van der Waals surface area contributed by atoms with Gasteiger partial charge in [-0.2, -0.15) is 0 Å². The first-order chi connectivity index (χ1) is 10.2. The zero-order valence-electron chi connectivity index (χ0n) is 12.0. The Morgan fingerprint density at radius 2 is 2.14 bits per heavy atom. The summed E-state index contributed by atoms with van der Waals surface area (Å²) < 4.78 is 7.02. The van der Waals surface area contributed by atoms with E-state index in [1.807, 2.05) is 19.1 Å². The van der Waals surface area contributed by atoms with Crippen molar-refractivity contribution in [3.63, 3.8) is 0 Å². The van der Waals surface area contributed by atoms with Crippen molar-refractivity contribution in [1.82, 2.24) is 15.0 Å². The molecule has 112 valence electrons. The van der Waals surface area contributed by atoms with Gasteiger partial charge >= 0.3 is 0 Å². The Hall–Kier alpha value is -2.41. The Bertz CT molecular complexity index is 579. The molecule has 3 N–H and O–H groups in total. The second-order valence-electron chi connectivity index (χ2n) is 4.48. The molecule has 0 saturated carbocycles. The molecule has 0 bridgehead atoms. The number of nitrogens with zero attached hydrogens (tertiary/aromatic N) is 3. The fraction of sp³-hybridized carbons (Fsp3) is 0.357. The minimum atomic E-state index is -0.305. The molecular formula is C14H19N5O2. The van der Waals surface area contributed by atoms with Crippen LogP contribution in [-0.4, -0.2) is 34.1 Å². The van der Waals surface area contributed by atoms with Crippen molar-refractivity contribution in [2.75, 3.05) is 18.5 Å². The molecule has 1 aromatic carbocycles. The first kappa shape index (κ1) is 15.0. The Morgan fingerprint density at radius 1 is 1.38 bits per heavy atom. The number of benzene rings is 1. The first-order valence-electron chi connectivity index (χ1n) is 6.87. The van der Waals surface area contributed by atoms with Gasteiger partial charge in [-0.1, -0.05) is 12.1 Å². The second-order valence-corrected chi connectivity index (χ2v) is 4.48. The minimum Gasteiger partial charge on any atom is -0.494 e. The number of amides is 1. The molecule has 0 spiro atoms. The molecule has 0 aliphatic heterocycles. The number of nitrogens with one attached hydrogen (secondary N) is 1. The number of carbonyl (C=O) groups excluding carboxylic acids is 1. The molecular weight excluding hydrogens is 270 g/mol. The second kappa shape index (κ2) is 7.39. The highest BCUT2D eigenvalue weighted by Crippen LogP contribution is 2.16. The van der Waals surface area contributed by atoms with E-state index in [4.69, 9.17) is 10.5 Å². The lowest BCUT2D eigenvalue weighted by molar-refractivity contribution is 0.102. The number of hydrogen-bond donors (Lipinski definition) is 2. The van der Waals surface area contributed by atoms with Crippen LogP contribution in [0.2, 0.25) is 0 Å². The summed E-state index contributed by atoms with van der Waals surface area (Å²) in [6.07, 6.45) is 2.53. The molecule has 21 heavy (non-hydrogen) atoms. The van der Waals surface area contributed by atoms with Crippen molar-refractivity contribution >= 4 is 11.6 Å². The van der Waals surface area contributed by atoms with E-state index in [1.165, 1.54) is 4.68 Å². The van der Waals surface area contributed by atoms with Gasteiger partial charge in [0.25, 0.3) is 5.91 Å². The number of rotatable bonds is 7. The SMILES string of the molecule is CCCOc1ccc(NC(=O)c2cn(CCN)nn2)cc1. The van der Waals surface area contributed by atoms with Crippen LogP contribution in [0.4, 0.5) is 5.69 Å². The predicted octanol–water partition coefficient (Wildman–Crippen LogP) is 1.28. The highest BCUT2D eigenvalue weighted by molar-refractivity contribution is 6.02. The van der Waals surface area contributed by atoms with E-state index < -0.39 is 0 Å². The number of carbonyl (C=O) groups is 1. The Kier molecular flexibility index (Phi) is 5.28. The quantitative estimate of drug-likeness (QED) is 0.800. The Labute approximate surface area is 123 Å². The van der Waals surface area contributed by atoms with Crippen molar-refractivity contribution < 1.29 is 9.53 Å². The smallest absolute Gasteiger partial charge is 0.277 e. The number of nitrogens with two attached hydrogens (primary N) is 1. The van der Waals surface area contributed by atoms with E-state index in [1.54, 1.807) is 18.3 Å². The largest absolute Gasteiger partial charge is 0.494 e. The van der Waals surface area contributed by atoms with Crippen molar-refractivity contribution in [2.24, 2.45) is 5.73 Å². The van der Waals surface area contributed by atoms with Crippen molar-refractivity contribution in [3.8, 4) is 5.75 Å². The lowest BCUT2D eigenvalue weighted by Crippen LogP contribution is -2.12. The van der Waals surface area contributed by atoms with Crippen molar-refractivity contribution in [1.29, 1.82) is 0 Å². The summed E-state index contributed by atoms with van der Waals surface area (Å²) in [5.41, 5.74) is 6.35. The molecule has 7 heteroatoms. The molecule has 2 aromatic rings. The number of hydrogen-bond acceptors (Lipinski definition) is 5. The van der Waals surface area contributed by atoms with Gasteiger partial charge in [-0.05, 0) is 30.7 Å². The van der Waals surface area contributed by atoms with Gasteiger partial charge in [-0.15, -0.1) is 5.10 Å². The zero-order valence-corrected chi connectivity index (χ0v) is 12.0. The summed E-state index contributed by atoms with van der Waals surface area (Å²) >= 11 is 0. The summed E-state index contributed by atoms with van der Waals surface area (Å²) in [5, 5.41) is 10.4. The van der Waals surface area contributed by atoms with E-state index >= 15 is 0 Å². The Morgan fingerprint density at radius 3 is 2.81 bits per heavy atom. The zero-order chi connectivity index (χ0) is 15.1.